The average Bonchev–Trinajstić information content (AvgIpc) is 2.83. The first-order valence-corrected chi connectivity index (χ1v) is 11.9. The van der Waals surface area contributed by atoms with Gasteiger partial charge in [-0.2, -0.15) is 13.2 Å². The second-order valence-corrected chi connectivity index (χ2v) is 9.30. The van der Waals surface area contributed by atoms with Gasteiger partial charge in [-0.05, 0) is 48.9 Å². The SMILES string of the molecule is Nc1nc2c(c(=O)n1C(c1ccccc1)C1CCC1)CCN(C(=O)Oc1ccc(C(F)(F)F)cc1F)C2. The molecule has 1 aliphatic carbocycles. The van der Waals surface area contributed by atoms with Crippen LogP contribution in [0.2, 0.25) is 0 Å². The summed E-state index contributed by atoms with van der Waals surface area (Å²) in [5.41, 5.74) is 6.57. The van der Waals surface area contributed by atoms with Crippen LogP contribution in [0.3, 0.4) is 0 Å². The summed E-state index contributed by atoms with van der Waals surface area (Å²) in [6.45, 7) is -0.00943. The standard InChI is InChI=1S/C26H24F4N4O3/c27-19-13-17(26(28,29)30)9-10-21(19)37-25(36)33-12-11-18-20(14-33)32-24(31)34(23(18)35)22(16-7-4-8-16)15-5-2-1-3-6-15/h1-3,5-6,9-10,13,16,22H,4,7-8,11-12,14H2,(H2,31,32). The van der Waals surface area contributed by atoms with E-state index in [4.69, 9.17) is 10.5 Å². The summed E-state index contributed by atoms with van der Waals surface area (Å²) in [5.74, 6) is -1.64. The van der Waals surface area contributed by atoms with Gasteiger partial charge in [-0.25, -0.2) is 14.2 Å². The Hall–Kier alpha value is -3.89. The molecule has 2 heterocycles. The number of ether oxygens (including phenoxy) is 1. The fraction of sp³-hybridized carbons (Fsp3) is 0.346. The number of hydrogen-bond acceptors (Lipinski definition) is 5. The lowest BCUT2D eigenvalue weighted by molar-refractivity contribution is -0.137. The van der Waals surface area contributed by atoms with E-state index in [2.05, 4.69) is 4.98 Å². The molecule has 1 saturated carbocycles. The minimum Gasteiger partial charge on any atom is -0.407 e. The summed E-state index contributed by atoms with van der Waals surface area (Å²) in [6.07, 6.45) is -2.48. The van der Waals surface area contributed by atoms with E-state index in [1.807, 2.05) is 30.3 Å². The number of carbonyl (C=O) groups is 1. The zero-order valence-electron chi connectivity index (χ0n) is 19.7. The molecule has 0 spiro atoms. The Balaban J connectivity index is 1.39. The Morgan fingerprint density at radius 2 is 1.86 bits per heavy atom. The van der Waals surface area contributed by atoms with Crippen molar-refractivity contribution < 1.29 is 27.1 Å². The fourth-order valence-electron chi connectivity index (χ4n) is 4.90. The molecule has 11 heteroatoms. The molecule has 37 heavy (non-hydrogen) atoms. The largest absolute Gasteiger partial charge is 0.416 e. The van der Waals surface area contributed by atoms with Gasteiger partial charge in [0.2, 0.25) is 5.95 Å². The highest BCUT2D eigenvalue weighted by Crippen LogP contribution is 2.40. The number of nitrogens with zero attached hydrogens (tertiary/aromatic N) is 3. The predicted molar refractivity (Wildman–Crippen MR) is 126 cm³/mol. The molecule has 5 rings (SSSR count). The first kappa shape index (κ1) is 24.8. The third kappa shape index (κ3) is 4.77. The van der Waals surface area contributed by atoms with Crippen molar-refractivity contribution >= 4 is 12.0 Å². The summed E-state index contributed by atoms with van der Waals surface area (Å²) in [6, 6.07) is 11.1. The van der Waals surface area contributed by atoms with Crippen molar-refractivity contribution in [3.8, 4) is 5.75 Å². The number of nitrogen functional groups attached to an aromatic ring is 1. The summed E-state index contributed by atoms with van der Waals surface area (Å²) < 4.78 is 59.0. The second-order valence-electron chi connectivity index (χ2n) is 9.30. The van der Waals surface area contributed by atoms with Gasteiger partial charge in [0.05, 0.1) is 23.8 Å². The zero-order valence-corrected chi connectivity index (χ0v) is 19.7. The van der Waals surface area contributed by atoms with Gasteiger partial charge in [0.25, 0.3) is 5.56 Å². The van der Waals surface area contributed by atoms with E-state index >= 15 is 0 Å². The molecule has 1 fully saturated rings. The molecule has 2 aliphatic rings. The van der Waals surface area contributed by atoms with Crippen molar-refractivity contribution in [3.63, 3.8) is 0 Å². The number of hydrogen-bond donors (Lipinski definition) is 1. The van der Waals surface area contributed by atoms with Gasteiger partial charge in [0.1, 0.15) is 0 Å². The van der Waals surface area contributed by atoms with Crippen LogP contribution in [0.4, 0.5) is 28.3 Å². The maximum Gasteiger partial charge on any atom is 0.416 e. The molecule has 194 valence electrons. The molecule has 0 bridgehead atoms. The summed E-state index contributed by atoms with van der Waals surface area (Å²) >= 11 is 0. The van der Waals surface area contributed by atoms with Crippen LogP contribution in [0, 0.1) is 11.7 Å². The van der Waals surface area contributed by atoms with E-state index in [-0.39, 0.29) is 49.0 Å². The zero-order chi connectivity index (χ0) is 26.3. The minimum absolute atomic E-state index is 0.0357. The number of anilines is 1. The second kappa shape index (κ2) is 9.53. The molecule has 1 amide bonds. The van der Waals surface area contributed by atoms with Crippen LogP contribution in [-0.4, -0.2) is 27.1 Å². The molecule has 0 radical (unpaired) electrons. The number of rotatable bonds is 4. The number of nitrogens with two attached hydrogens (primary N) is 1. The smallest absolute Gasteiger partial charge is 0.407 e. The molecule has 3 aromatic rings. The van der Waals surface area contributed by atoms with Crippen molar-refractivity contribution in [2.45, 2.75) is 44.4 Å². The van der Waals surface area contributed by atoms with Crippen LogP contribution in [-0.2, 0) is 19.1 Å². The molecule has 1 aromatic heterocycles. The minimum atomic E-state index is -4.73. The van der Waals surface area contributed by atoms with Crippen molar-refractivity contribution in [1.29, 1.82) is 0 Å². The van der Waals surface area contributed by atoms with Gasteiger partial charge >= 0.3 is 12.3 Å². The molecule has 0 saturated heterocycles. The van der Waals surface area contributed by atoms with Crippen molar-refractivity contribution in [2.75, 3.05) is 12.3 Å². The Morgan fingerprint density at radius 1 is 1.14 bits per heavy atom. The number of carbonyl (C=O) groups excluding carboxylic acids is 1. The monoisotopic (exact) mass is 516 g/mol. The Morgan fingerprint density at radius 3 is 2.49 bits per heavy atom. The van der Waals surface area contributed by atoms with Crippen molar-refractivity contribution in [1.82, 2.24) is 14.5 Å². The van der Waals surface area contributed by atoms with Crippen LogP contribution < -0.4 is 16.0 Å². The summed E-state index contributed by atoms with van der Waals surface area (Å²) in [5, 5.41) is 0. The number of halogens is 4. The number of alkyl halides is 3. The molecular formula is C26H24F4N4O3. The highest BCUT2D eigenvalue weighted by atomic mass is 19.4. The molecule has 2 aromatic carbocycles. The van der Waals surface area contributed by atoms with Crippen LogP contribution in [0.5, 0.6) is 5.75 Å². The molecule has 1 unspecified atom stereocenters. The molecule has 1 atom stereocenters. The highest BCUT2D eigenvalue weighted by Gasteiger charge is 2.35. The van der Waals surface area contributed by atoms with E-state index in [1.165, 1.54) is 4.90 Å². The van der Waals surface area contributed by atoms with Gasteiger partial charge < -0.3 is 15.4 Å². The lowest BCUT2D eigenvalue weighted by atomic mass is 9.77. The summed E-state index contributed by atoms with van der Waals surface area (Å²) in [7, 11) is 0. The fourth-order valence-corrected chi connectivity index (χ4v) is 4.90. The van der Waals surface area contributed by atoms with Crippen molar-refractivity contribution in [3.05, 3.63) is 87.1 Å². The Labute approximate surface area is 209 Å². The third-order valence-corrected chi connectivity index (χ3v) is 7.02. The number of benzene rings is 2. The maximum absolute atomic E-state index is 14.1. The number of fused-ring (bicyclic) bond motifs is 1. The average molecular weight is 516 g/mol. The normalized spacial score (nSPS) is 16.6. The molecule has 1 aliphatic heterocycles. The quantitative estimate of drug-likeness (QED) is 0.497. The van der Waals surface area contributed by atoms with Gasteiger partial charge in [-0.3, -0.25) is 9.36 Å². The lowest BCUT2D eigenvalue weighted by Gasteiger charge is -2.36. The maximum atomic E-state index is 14.1. The van der Waals surface area contributed by atoms with Crippen LogP contribution >= 0.6 is 0 Å². The first-order valence-electron chi connectivity index (χ1n) is 11.9. The predicted octanol–water partition coefficient (Wildman–Crippen LogP) is 4.93. The first-order chi connectivity index (χ1) is 17.6. The van der Waals surface area contributed by atoms with E-state index in [0.717, 1.165) is 30.9 Å². The van der Waals surface area contributed by atoms with Crippen LogP contribution in [0.15, 0.2) is 53.3 Å². The Kier molecular flexibility index (Phi) is 6.38. The van der Waals surface area contributed by atoms with Gasteiger partial charge in [-0.15, -0.1) is 0 Å². The lowest BCUT2D eigenvalue weighted by Crippen LogP contribution is -2.44. The van der Waals surface area contributed by atoms with Gasteiger partial charge in [0.15, 0.2) is 11.6 Å². The van der Waals surface area contributed by atoms with Gasteiger partial charge in [-0.1, -0.05) is 36.8 Å². The molecule has 2 N–H and O–H groups in total. The van der Waals surface area contributed by atoms with Gasteiger partial charge in [0, 0.05) is 12.1 Å². The van der Waals surface area contributed by atoms with E-state index in [9.17, 15) is 27.2 Å². The number of amides is 1. The van der Waals surface area contributed by atoms with E-state index < -0.39 is 29.4 Å². The third-order valence-electron chi connectivity index (χ3n) is 7.02. The highest BCUT2D eigenvalue weighted by molar-refractivity contribution is 5.71. The summed E-state index contributed by atoms with van der Waals surface area (Å²) in [4.78, 5) is 31.9. The van der Waals surface area contributed by atoms with Crippen molar-refractivity contribution in [2.24, 2.45) is 5.92 Å². The van der Waals surface area contributed by atoms with E-state index in [0.29, 0.717) is 17.3 Å². The van der Waals surface area contributed by atoms with Crippen LogP contribution in [0.25, 0.3) is 0 Å². The Bertz CT molecular complexity index is 1390. The topological polar surface area (TPSA) is 90.5 Å². The molecular weight excluding hydrogens is 492 g/mol. The van der Waals surface area contributed by atoms with E-state index in [1.54, 1.807) is 4.57 Å². The number of aromatic nitrogens is 2. The molecule has 7 nitrogen and oxygen atoms in total. The van der Waals surface area contributed by atoms with Crippen LogP contribution in [0.1, 0.15) is 47.7 Å².